The lowest BCUT2D eigenvalue weighted by atomic mass is 10.5. The average Bonchev–Trinajstić information content (AvgIpc) is 2.95. The number of aromatic nitrogens is 2. The molecule has 2 rings (SSSR count). The van der Waals surface area contributed by atoms with E-state index in [9.17, 15) is 8.42 Å². The fourth-order valence-electron chi connectivity index (χ4n) is 1.17. The summed E-state index contributed by atoms with van der Waals surface area (Å²) in [5.41, 5.74) is 0. The van der Waals surface area contributed by atoms with Gasteiger partial charge in [-0.25, -0.2) is 13.1 Å². The number of rotatable bonds is 5. The minimum Gasteiger partial charge on any atom is -0.450 e. The second-order valence-corrected chi connectivity index (χ2v) is 5.64. The molecule has 2 aromatic rings. The molecule has 0 saturated carbocycles. The molecular weight excluding hydrogens is 330 g/mol. The Morgan fingerprint density at radius 1 is 1.50 bits per heavy atom. The molecule has 0 aliphatic carbocycles. The SMILES string of the molecule is O=S(=O)(NCc1ncon1)c1cc(CO)oc1Br. The zero-order chi connectivity index (χ0) is 13.2. The first-order valence-corrected chi connectivity index (χ1v) is 6.94. The van der Waals surface area contributed by atoms with E-state index in [1.54, 1.807) is 0 Å². The number of hydrogen-bond acceptors (Lipinski definition) is 7. The maximum atomic E-state index is 11.9. The number of halogens is 1. The van der Waals surface area contributed by atoms with Crippen LogP contribution in [0.2, 0.25) is 0 Å². The molecule has 0 aromatic carbocycles. The number of nitrogens with zero attached hydrogens (tertiary/aromatic N) is 2. The molecule has 2 N–H and O–H groups in total. The summed E-state index contributed by atoms with van der Waals surface area (Å²) in [5, 5.41) is 12.3. The van der Waals surface area contributed by atoms with Gasteiger partial charge in [0.2, 0.25) is 16.4 Å². The number of nitrogens with one attached hydrogen (secondary N) is 1. The van der Waals surface area contributed by atoms with Gasteiger partial charge >= 0.3 is 0 Å². The molecule has 0 amide bonds. The van der Waals surface area contributed by atoms with E-state index in [1.807, 2.05) is 0 Å². The van der Waals surface area contributed by atoms with Crippen LogP contribution in [0, 0.1) is 0 Å². The highest BCUT2D eigenvalue weighted by Gasteiger charge is 2.22. The molecule has 10 heteroatoms. The molecule has 0 bridgehead atoms. The molecule has 0 atom stereocenters. The summed E-state index contributed by atoms with van der Waals surface area (Å²) in [6, 6.07) is 1.22. The molecule has 0 saturated heterocycles. The van der Waals surface area contributed by atoms with Crippen LogP contribution in [-0.2, 0) is 23.2 Å². The van der Waals surface area contributed by atoms with E-state index in [2.05, 4.69) is 35.3 Å². The van der Waals surface area contributed by atoms with Gasteiger partial charge in [0.05, 0.1) is 6.54 Å². The zero-order valence-electron chi connectivity index (χ0n) is 8.83. The fraction of sp³-hybridized carbons (Fsp3) is 0.250. The third-order valence-corrected chi connectivity index (χ3v) is 4.24. The standard InChI is InChI=1S/C8H8BrN3O5S/c9-8-6(1-5(3-13)17-8)18(14,15)11-2-7-10-4-16-12-7/h1,4,11,13H,2-3H2. The third-order valence-electron chi connectivity index (χ3n) is 1.98. The van der Waals surface area contributed by atoms with Crippen molar-refractivity contribution in [1.82, 2.24) is 14.9 Å². The first-order valence-electron chi connectivity index (χ1n) is 4.67. The third kappa shape index (κ3) is 2.77. The van der Waals surface area contributed by atoms with E-state index in [0.29, 0.717) is 0 Å². The van der Waals surface area contributed by atoms with Crippen LogP contribution < -0.4 is 4.72 Å². The van der Waals surface area contributed by atoms with Gasteiger partial charge in [0.1, 0.15) is 17.3 Å². The van der Waals surface area contributed by atoms with Crippen molar-refractivity contribution in [2.45, 2.75) is 18.0 Å². The van der Waals surface area contributed by atoms with Crippen molar-refractivity contribution < 1.29 is 22.5 Å². The van der Waals surface area contributed by atoms with Crippen LogP contribution in [0.15, 0.2) is 31.0 Å². The van der Waals surface area contributed by atoms with Gasteiger partial charge in [0.15, 0.2) is 10.5 Å². The summed E-state index contributed by atoms with van der Waals surface area (Å²) in [6.45, 7) is -0.496. The van der Waals surface area contributed by atoms with Gasteiger partial charge in [0, 0.05) is 6.07 Å². The van der Waals surface area contributed by atoms with Crippen molar-refractivity contribution in [1.29, 1.82) is 0 Å². The molecule has 98 valence electrons. The minimum absolute atomic E-state index is 0.0205. The van der Waals surface area contributed by atoms with Gasteiger partial charge in [-0.1, -0.05) is 5.16 Å². The van der Waals surface area contributed by atoms with Crippen LogP contribution in [0.5, 0.6) is 0 Å². The summed E-state index contributed by atoms with van der Waals surface area (Å²) >= 11 is 2.97. The van der Waals surface area contributed by atoms with E-state index in [4.69, 9.17) is 9.52 Å². The summed E-state index contributed by atoms with van der Waals surface area (Å²) in [6.07, 6.45) is 1.10. The molecular formula is C8H8BrN3O5S. The molecule has 2 heterocycles. The highest BCUT2D eigenvalue weighted by molar-refractivity contribution is 9.10. The Hall–Kier alpha value is -1.23. The Bertz CT molecular complexity index is 621. The number of aliphatic hydroxyl groups is 1. The van der Waals surface area contributed by atoms with Crippen LogP contribution in [0.1, 0.15) is 11.6 Å². The van der Waals surface area contributed by atoms with Crippen LogP contribution >= 0.6 is 15.9 Å². The Labute approximate surface area is 110 Å². The zero-order valence-corrected chi connectivity index (χ0v) is 11.2. The van der Waals surface area contributed by atoms with Crippen LogP contribution in [0.3, 0.4) is 0 Å². The van der Waals surface area contributed by atoms with E-state index in [1.165, 1.54) is 6.07 Å². The van der Waals surface area contributed by atoms with E-state index >= 15 is 0 Å². The minimum atomic E-state index is -3.78. The van der Waals surface area contributed by atoms with Gasteiger partial charge in [0.25, 0.3) is 0 Å². The molecule has 0 aliphatic rings. The Morgan fingerprint density at radius 3 is 2.83 bits per heavy atom. The van der Waals surface area contributed by atoms with Gasteiger partial charge in [-0.05, 0) is 15.9 Å². The lowest BCUT2D eigenvalue weighted by Crippen LogP contribution is -2.23. The lowest BCUT2D eigenvalue weighted by molar-refractivity contribution is 0.245. The number of aliphatic hydroxyl groups excluding tert-OH is 1. The Kier molecular flexibility index (Phi) is 3.80. The largest absolute Gasteiger partial charge is 0.450 e. The molecule has 2 aromatic heterocycles. The molecule has 0 radical (unpaired) electrons. The molecule has 8 nitrogen and oxygen atoms in total. The van der Waals surface area contributed by atoms with Crippen molar-refractivity contribution in [3.8, 4) is 0 Å². The van der Waals surface area contributed by atoms with Crippen LogP contribution in [-0.4, -0.2) is 23.7 Å². The maximum Gasteiger partial charge on any atom is 0.245 e. The molecule has 0 aliphatic heterocycles. The van der Waals surface area contributed by atoms with Crippen molar-refractivity contribution in [3.05, 3.63) is 28.7 Å². The number of furan rings is 1. The monoisotopic (exact) mass is 337 g/mol. The van der Waals surface area contributed by atoms with Crippen molar-refractivity contribution in [2.24, 2.45) is 0 Å². The first-order chi connectivity index (χ1) is 8.53. The molecule has 0 fully saturated rings. The quantitative estimate of drug-likeness (QED) is 0.810. The normalized spacial score (nSPS) is 11.9. The van der Waals surface area contributed by atoms with E-state index in [0.717, 1.165) is 6.39 Å². The summed E-state index contributed by atoms with van der Waals surface area (Å²) in [5.74, 6) is 0.349. The predicted molar refractivity (Wildman–Crippen MR) is 60.7 cm³/mol. The van der Waals surface area contributed by atoms with Gasteiger partial charge in [-0.2, -0.15) is 4.98 Å². The summed E-state index contributed by atoms with van der Waals surface area (Å²) in [7, 11) is -3.78. The van der Waals surface area contributed by atoms with Gasteiger partial charge in [-0.3, -0.25) is 0 Å². The second kappa shape index (κ2) is 5.18. The molecule has 18 heavy (non-hydrogen) atoms. The predicted octanol–water partition coefficient (Wildman–Crippen LogP) is 0.396. The lowest BCUT2D eigenvalue weighted by Gasteiger charge is -2.01. The van der Waals surface area contributed by atoms with Crippen molar-refractivity contribution in [2.75, 3.05) is 0 Å². The van der Waals surface area contributed by atoms with E-state index < -0.39 is 10.0 Å². The number of hydrogen-bond donors (Lipinski definition) is 2. The Balaban J connectivity index is 2.17. The summed E-state index contributed by atoms with van der Waals surface area (Å²) < 4.78 is 35.6. The summed E-state index contributed by atoms with van der Waals surface area (Å²) in [4.78, 5) is 3.58. The van der Waals surface area contributed by atoms with Crippen LogP contribution in [0.25, 0.3) is 0 Å². The Morgan fingerprint density at radius 2 is 2.28 bits per heavy atom. The second-order valence-electron chi connectivity index (χ2n) is 3.18. The van der Waals surface area contributed by atoms with Crippen LogP contribution in [0.4, 0.5) is 0 Å². The highest BCUT2D eigenvalue weighted by Crippen LogP contribution is 2.26. The molecule has 0 spiro atoms. The average molecular weight is 338 g/mol. The number of sulfonamides is 1. The smallest absolute Gasteiger partial charge is 0.245 e. The first kappa shape index (κ1) is 13.2. The van der Waals surface area contributed by atoms with Gasteiger partial charge in [-0.15, -0.1) is 0 Å². The molecule has 0 unspecified atom stereocenters. The van der Waals surface area contributed by atoms with Crippen molar-refractivity contribution >= 4 is 26.0 Å². The topological polar surface area (TPSA) is 118 Å². The highest BCUT2D eigenvalue weighted by atomic mass is 79.9. The fourth-order valence-corrected chi connectivity index (χ4v) is 3.14. The maximum absolute atomic E-state index is 11.9. The van der Waals surface area contributed by atoms with Gasteiger partial charge < -0.3 is 14.0 Å². The van der Waals surface area contributed by atoms with Crippen molar-refractivity contribution in [3.63, 3.8) is 0 Å². The van der Waals surface area contributed by atoms with E-state index in [-0.39, 0.29) is 34.3 Å².